The molecular formula is C55H33N3O2S. The highest BCUT2D eigenvalue weighted by molar-refractivity contribution is 7.26. The van der Waals surface area contributed by atoms with E-state index in [-0.39, 0.29) is 0 Å². The van der Waals surface area contributed by atoms with Crippen LogP contribution in [0.2, 0.25) is 0 Å². The van der Waals surface area contributed by atoms with Crippen molar-refractivity contribution in [3.8, 4) is 56.4 Å². The Morgan fingerprint density at radius 3 is 1.97 bits per heavy atom. The first-order chi connectivity index (χ1) is 30.2. The van der Waals surface area contributed by atoms with Gasteiger partial charge in [-0.15, -0.1) is 11.3 Å². The van der Waals surface area contributed by atoms with Gasteiger partial charge in [0.1, 0.15) is 22.5 Å². The molecule has 0 aliphatic heterocycles. The number of benzene rings is 8. The molecule has 0 saturated heterocycles. The highest BCUT2D eigenvalue weighted by Gasteiger charge is 2.22. The van der Waals surface area contributed by atoms with E-state index in [1.807, 2.05) is 18.2 Å². The van der Waals surface area contributed by atoms with Crippen molar-refractivity contribution < 1.29 is 8.83 Å². The maximum atomic E-state index is 6.58. The molecule has 0 unspecified atom stereocenters. The number of thiophene rings is 1. The van der Waals surface area contributed by atoms with E-state index in [0.29, 0.717) is 17.5 Å². The molecule has 0 N–H and O–H groups in total. The topological polar surface area (TPSA) is 65.0 Å². The fraction of sp³-hybridized carbons (Fsp3) is 0.0364. The van der Waals surface area contributed by atoms with Gasteiger partial charge < -0.3 is 8.83 Å². The van der Waals surface area contributed by atoms with Crippen LogP contribution in [0, 0.1) is 0 Å². The van der Waals surface area contributed by atoms with E-state index < -0.39 is 0 Å². The van der Waals surface area contributed by atoms with Crippen molar-refractivity contribution in [1.29, 1.82) is 0 Å². The van der Waals surface area contributed by atoms with Crippen LogP contribution in [0.1, 0.15) is 17.7 Å². The number of allylic oxidation sites excluding steroid dienone is 1. The van der Waals surface area contributed by atoms with Crippen molar-refractivity contribution in [3.05, 3.63) is 181 Å². The summed E-state index contributed by atoms with van der Waals surface area (Å²) in [5.74, 6) is 2.99. The molecule has 0 saturated carbocycles. The lowest BCUT2D eigenvalue weighted by molar-refractivity contribution is 0.546. The second-order valence-electron chi connectivity index (χ2n) is 15.7. The molecule has 1 aliphatic rings. The predicted octanol–water partition coefficient (Wildman–Crippen LogP) is 15.3. The first-order valence-corrected chi connectivity index (χ1v) is 21.5. The van der Waals surface area contributed by atoms with E-state index in [1.165, 1.54) is 31.1 Å². The number of fused-ring (bicyclic) bond motifs is 10. The van der Waals surface area contributed by atoms with E-state index in [0.717, 1.165) is 95.8 Å². The van der Waals surface area contributed by atoms with Crippen molar-refractivity contribution in [3.63, 3.8) is 0 Å². The summed E-state index contributed by atoms with van der Waals surface area (Å²) in [6.07, 6.45) is 6.40. The molecule has 61 heavy (non-hydrogen) atoms. The molecule has 286 valence electrons. The molecule has 4 aromatic heterocycles. The monoisotopic (exact) mass is 799 g/mol. The number of rotatable bonds is 5. The molecule has 4 heterocycles. The highest BCUT2D eigenvalue weighted by atomic mass is 32.1. The fourth-order valence-electron chi connectivity index (χ4n) is 9.44. The van der Waals surface area contributed by atoms with E-state index in [1.54, 1.807) is 11.3 Å². The molecule has 8 aromatic carbocycles. The highest BCUT2D eigenvalue weighted by Crippen LogP contribution is 2.45. The van der Waals surface area contributed by atoms with E-state index >= 15 is 0 Å². The van der Waals surface area contributed by atoms with Crippen molar-refractivity contribution >= 4 is 81.3 Å². The minimum Gasteiger partial charge on any atom is -0.460 e. The first kappa shape index (κ1) is 34.2. The van der Waals surface area contributed by atoms with Crippen molar-refractivity contribution in [2.75, 3.05) is 0 Å². The number of hydrogen-bond donors (Lipinski definition) is 0. The minimum atomic E-state index is 0.631. The quantitative estimate of drug-likeness (QED) is 0.173. The number of nitrogens with zero attached hydrogens (tertiary/aromatic N) is 3. The van der Waals surface area contributed by atoms with Gasteiger partial charge in [-0.05, 0) is 81.9 Å². The number of furan rings is 2. The molecule has 12 aromatic rings. The average Bonchev–Trinajstić information content (AvgIpc) is 4.02. The Bertz CT molecular complexity index is 3780. The van der Waals surface area contributed by atoms with Crippen molar-refractivity contribution in [2.24, 2.45) is 0 Å². The average molecular weight is 800 g/mol. The molecular weight excluding hydrogens is 767 g/mol. The molecule has 0 amide bonds. The molecule has 0 spiro atoms. The Morgan fingerprint density at radius 1 is 0.426 bits per heavy atom. The van der Waals surface area contributed by atoms with Gasteiger partial charge in [0.2, 0.25) is 0 Å². The lowest BCUT2D eigenvalue weighted by atomic mass is 9.91. The summed E-state index contributed by atoms with van der Waals surface area (Å²) >= 11 is 1.78. The van der Waals surface area contributed by atoms with E-state index in [4.69, 9.17) is 23.8 Å². The Morgan fingerprint density at radius 2 is 1.10 bits per heavy atom. The van der Waals surface area contributed by atoms with Gasteiger partial charge in [-0.3, -0.25) is 0 Å². The summed E-state index contributed by atoms with van der Waals surface area (Å²) in [6.45, 7) is 0. The zero-order valence-electron chi connectivity index (χ0n) is 32.7. The van der Waals surface area contributed by atoms with Crippen LogP contribution in [0.5, 0.6) is 0 Å². The van der Waals surface area contributed by atoms with Crippen LogP contribution in [0.25, 0.3) is 126 Å². The Balaban J connectivity index is 1.00. The van der Waals surface area contributed by atoms with Crippen molar-refractivity contribution in [1.82, 2.24) is 15.0 Å². The van der Waals surface area contributed by atoms with E-state index in [2.05, 4.69) is 158 Å². The summed E-state index contributed by atoms with van der Waals surface area (Å²) in [4.78, 5) is 15.6. The van der Waals surface area contributed by atoms with Gasteiger partial charge in [-0.25, -0.2) is 15.0 Å². The van der Waals surface area contributed by atoms with Crippen LogP contribution >= 0.6 is 11.3 Å². The summed E-state index contributed by atoms with van der Waals surface area (Å²) in [7, 11) is 0. The number of aryl methyl sites for hydroxylation is 1. The zero-order valence-corrected chi connectivity index (χ0v) is 33.5. The maximum absolute atomic E-state index is 6.58. The third-order valence-electron chi connectivity index (χ3n) is 12.2. The molecule has 0 fully saturated rings. The van der Waals surface area contributed by atoms with Crippen LogP contribution in [-0.4, -0.2) is 15.0 Å². The van der Waals surface area contributed by atoms with Gasteiger partial charge in [-0.2, -0.15) is 0 Å². The summed E-state index contributed by atoms with van der Waals surface area (Å²) in [6, 6.07) is 57.5. The van der Waals surface area contributed by atoms with Gasteiger partial charge in [0.15, 0.2) is 17.5 Å². The molecule has 0 radical (unpaired) electrons. The van der Waals surface area contributed by atoms with Crippen LogP contribution in [-0.2, 0) is 6.42 Å². The largest absolute Gasteiger partial charge is 0.460 e. The molecule has 5 nitrogen and oxygen atoms in total. The van der Waals surface area contributed by atoms with Gasteiger partial charge in [-0.1, -0.05) is 133 Å². The van der Waals surface area contributed by atoms with Gasteiger partial charge in [0.05, 0.1) is 0 Å². The Labute approximate surface area is 353 Å². The number of hydrogen-bond acceptors (Lipinski definition) is 6. The van der Waals surface area contributed by atoms with Gasteiger partial charge in [0, 0.05) is 65.0 Å². The summed E-state index contributed by atoms with van der Waals surface area (Å²) in [5, 5.41) is 7.95. The van der Waals surface area contributed by atoms with Crippen molar-refractivity contribution in [2.45, 2.75) is 12.8 Å². The fourth-order valence-corrected chi connectivity index (χ4v) is 10.7. The first-order valence-electron chi connectivity index (χ1n) is 20.6. The molecule has 1 aliphatic carbocycles. The molecule has 6 heteroatoms. The minimum absolute atomic E-state index is 0.631. The van der Waals surface area contributed by atoms with Gasteiger partial charge in [0.25, 0.3) is 0 Å². The number of aromatic nitrogens is 3. The molecule has 0 bridgehead atoms. The molecule has 0 atom stereocenters. The van der Waals surface area contributed by atoms with Crippen LogP contribution in [0.4, 0.5) is 0 Å². The lowest BCUT2D eigenvalue weighted by Crippen LogP contribution is -2.01. The summed E-state index contributed by atoms with van der Waals surface area (Å²) in [5.41, 5.74) is 11.2. The van der Waals surface area contributed by atoms with Crippen LogP contribution in [0.15, 0.2) is 179 Å². The maximum Gasteiger partial charge on any atom is 0.165 e. The summed E-state index contributed by atoms with van der Waals surface area (Å²) < 4.78 is 15.3. The lowest BCUT2D eigenvalue weighted by Gasteiger charge is -2.14. The van der Waals surface area contributed by atoms with E-state index in [9.17, 15) is 0 Å². The second kappa shape index (κ2) is 13.4. The second-order valence-corrected chi connectivity index (χ2v) is 16.8. The normalized spacial score (nSPS) is 12.7. The smallest absolute Gasteiger partial charge is 0.165 e. The van der Waals surface area contributed by atoms with Gasteiger partial charge >= 0.3 is 0 Å². The standard InChI is InChI=1S/C55H33N3O2S/c1-2-13-32(14-3-1)53-56-54(58-55(57-53)43-22-10-21-40-38-17-7-9-26-49(38)61-52(40)43)41-29-28-37(35-15-4-5-16-36(35)41)39-20-12-25-48-51(39)44-31-33(27-30-46(44)60-48)34-19-11-24-47-50(34)42-18-6-8-23-45(42)59-47/h1-7,9-22,24-31H,8,23H2. The predicted molar refractivity (Wildman–Crippen MR) is 252 cm³/mol. The SMILES string of the molecule is C1=Cc2c(oc3cccc(-c4ccc5oc6cccc(-c7ccc(-c8nc(-c9ccccc9)nc(-c9cccc%10c9sc9ccccc9%10)n8)c8ccccc78)c6c5c4)c23)CC1. The third-order valence-corrected chi connectivity index (χ3v) is 13.4. The third kappa shape index (κ3) is 5.36. The molecule has 13 rings (SSSR count). The zero-order chi connectivity index (χ0) is 40.0. The Kier molecular flexibility index (Phi) is 7.53. The van der Waals surface area contributed by atoms with Crippen LogP contribution < -0.4 is 0 Å². The van der Waals surface area contributed by atoms with Crippen LogP contribution in [0.3, 0.4) is 0 Å². The Hall–Kier alpha value is -7.67.